The van der Waals surface area contributed by atoms with E-state index in [4.69, 9.17) is 0 Å². The van der Waals surface area contributed by atoms with Crippen molar-refractivity contribution in [3.8, 4) is 0 Å². The largest absolute Gasteiger partial charge is 0.346 e. The topological polar surface area (TPSA) is 20.2 Å². The van der Waals surface area contributed by atoms with E-state index >= 15 is 0 Å². The van der Waals surface area contributed by atoms with Crippen LogP contribution in [0.1, 0.15) is 25.5 Å². The van der Waals surface area contributed by atoms with Gasteiger partial charge in [-0.3, -0.25) is 0 Å². The fourth-order valence-corrected chi connectivity index (χ4v) is 3.24. The summed E-state index contributed by atoms with van der Waals surface area (Å²) in [6.07, 6.45) is 2.51. The lowest BCUT2D eigenvalue weighted by Crippen LogP contribution is -2.45. The number of aromatic nitrogens is 1. The molecular formula is C17H25N3. The van der Waals surface area contributed by atoms with E-state index in [1.165, 1.54) is 36.0 Å². The van der Waals surface area contributed by atoms with Gasteiger partial charge in [0.2, 0.25) is 0 Å². The summed E-state index contributed by atoms with van der Waals surface area (Å²) >= 11 is 0. The summed E-state index contributed by atoms with van der Waals surface area (Å²) in [5, 5.41) is 5.08. The summed E-state index contributed by atoms with van der Waals surface area (Å²) in [5.74, 6) is 0. The lowest BCUT2D eigenvalue weighted by molar-refractivity contribution is 0.168. The number of benzene rings is 1. The molecule has 0 aliphatic carbocycles. The van der Waals surface area contributed by atoms with Crippen LogP contribution in [0.4, 0.5) is 0 Å². The SMILES string of the molecule is CC1CC(NCc2cc3ccccc3n2C)CCN1C. The highest BCUT2D eigenvalue weighted by Crippen LogP contribution is 2.19. The van der Waals surface area contributed by atoms with E-state index in [-0.39, 0.29) is 0 Å². The first-order valence-electron chi connectivity index (χ1n) is 7.62. The van der Waals surface area contributed by atoms with Crippen LogP contribution in [0.3, 0.4) is 0 Å². The molecule has 1 aromatic heterocycles. The van der Waals surface area contributed by atoms with E-state index in [0.717, 1.165) is 6.54 Å². The van der Waals surface area contributed by atoms with Crippen molar-refractivity contribution in [2.24, 2.45) is 7.05 Å². The predicted molar refractivity (Wildman–Crippen MR) is 84.9 cm³/mol. The molecule has 1 N–H and O–H groups in total. The number of para-hydroxylation sites is 1. The van der Waals surface area contributed by atoms with E-state index in [1.807, 2.05) is 0 Å². The molecule has 1 fully saturated rings. The van der Waals surface area contributed by atoms with Gasteiger partial charge in [-0.15, -0.1) is 0 Å². The third-order valence-corrected chi connectivity index (χ3v) is 4.83. The van der Waals surface area contributed by atoms with E-state index in [2.05, 4.69) is 66.1 Å². The third kappa shape index (κ3) is 2.60. The lowest BCUT2D eigenvalue weighted by atomic mass is 9.99. The van der Waals surface area contributed by atoms with Crippen molar-refractivity contribution in [1.29, 1.82) is 0 Å². The zero-order valence-corrected chi connectivity index (χ0v) is 12.8. The molecule has 0 bridgehead atoms. The molecule has 0 amide bonds. The Morgan fingerprint density at radius 1 is 1.25 bits per heavy atom. The number of piperidine rings is 1. The Labute approximate surface area is 121 Å². The molecule has 2 aromatic rings. The Balaban J connectivity index is 1.67. The quantitative estimate of drug-likeness (QED) is 0.926. The fraction of sp³-hybridized carbons (Fsp3) is 0.529. The zero-order valence-electron chi connectivity index (χ0n) is 12.8. The molecule has 1 aliphatic rings. The lowest BCUT2D eigenvalue weighted by Gasteiger charge is -2.35. The van der Waals surface area contributed by atoms with Crippen LogP contribution in [-0.2, 0) is 13.6 Å². The number of fused-ring (bicyclic) bond motifs is 1. The highest BCUT2D eigenvalue weighted by Gasteiger charge is 2.22. The second-order valence-corrected chi connectivity index (χ2v) is 6.19. The number of likely N-dealkylation sites (tertiary alicyclic amines) is 1. The zero-order chi connectivity index (χ0) is 14.1. The van der Waals surface area contributed by atoms with Crippen LogP contribution in [0.5, 0.6) is 0 Å². The van der Waals surface area contributed by atoms with Gasteiger partial charge in [0.1, 0.15) is 0 Å². The van der Waals surface area contributed by atoms with Crippen LogP contribution in [-0.4, -0.2) is 35.1 Å². The molecule has 1 aromatic carbocycles. The van der Waals surface area contributed by atoms with Crippen LogP contribution in [0, 0.1) is 0 Å². The molecule has 0 spiro atoms. The molecule has 108 valence electrons. The Morgan fingerprint density at radius 2 is 2.05 bits per heavy atom. The summed E-state index contributed by atoms with van der Waals surface area (Å²) in [6, 6.07) is 12.2. The highest BCUT2D eigenvalue weighted by atomic mass is 15.1. The van der Waals surface area contributed by atoms with Crippen molar-refractivity contribution in [3.05, 3.63) is 36.0 Å². The van der Waals surface area contributed by atoms with Crippen LogP contribution >= 0.6 is 0 Å². The van der Waals surface area contributed by atoms with Crippen molar-refractivity contribution < 1.29 is 0 Å². The smallest absolute Gasteiger partial charge is 0.0480 e. The number of hydrogen-bond acceptors (Lipinski definition) is 2. The van der Waals surface area contributed by atoms with Crippen molar-refractivity contribution >= 4 is 10.9 Å². The van der Waals surface area contributed by atoms with Crippen molar-refractivity contribution in [3.63, 3.8) is 0 Å². The first-order chi connectivity index (χ1) is 9.65. The van der Waals surface area contributed by atoms with Crippen molar-refractivity contribution in [2.45, 2.75) is 38.4 Å². The summed E-state index contributed by atoms with van der Waals surface area (Å²) in [6.45, 7) is 4.49. The average molecular weight is 271 g/mol. The van der Waals surface area contributed by atoms with Gasteiger partial charge in [-0.2, -0.15) is 0 Å². The Bertz CT molecular complexity index is 587. The maximum absolute atomic E-state index is 3.74. The fourth-order valence-electron chi connectivity index (χ4n) is 3.24. The molecule has 0 radical (unpaired) electrons. The molecule has 2 unspecified atom stereocenters. The minimum absolute atomic E-state index is 0.652. The van der Waals surface area contributed by atoms with Gasteiger partial charge in [0.05, 0.1) is 0 Å². The first-order valence-corrected chi connectivity index (χ1v) is 7.62. The van der Waals surface area contributed by atoms with E-state index in [9.17, 15) is 0 Å². The van der Waals surface area contributed by atoms with Gasteiger partial charge in [0.25, 0.3) is 0 Å². The molecule has 3 heteroatoms. The molecule has 20 heavy (non-hydrogen) atoms. The summed E-state index contributed by atoms with van der Waals surface area (Å²) in [5.41, 5.74) is 2.69. The molecule has 1 saturated heterocycles. The monoisotopic (exact) mass is 271 g/mol. The molecule has 2 atom stereocenters. The summed E-state index contributed by atoms with van der Waals surface area (Å²) < 4.78 is 2.31. The molecule has 3 rings (SSSR count). The van der Waals surface area contributed by atoms with Crippen LogP contribution in [0.2, 0.25) is 0 Å². The number of rotatable bonds is 3. The summed E-state index contributed by atoms with van der Waals surface area (Å²) in [4.78, 5) is 2.45. The van der Waals surface area contributed by atoms with Gasteiger partial charge >= 0.3 is 0 Å². The molecule has 2 heterocycles. The maximum atomic E-state index is 3.74. The van der Waals surface area contributed by atoms with Gasteiger partial charge in [0, 0.05) is 36.9 Å². The van der Waals surface area contributed by atoms with E-state index in [1.54, 1.807) is 0 Å². The van der Waals surface area contributed by atoms with Gasteiger partial charge in [-0.1, -0.05) is 18.2 Å². The predicted octanol–water partition coefficient (Wildman–Crippen LogP) is 2.75. The van der Waals surface area contributed by atoms with Gasteiger partial charge in [0.15, 0.2) is 0 Å². The number of nitrogens with zero attached hydrogens (tertiary/aromatic N) is 2. The Hall–Kier alpha value is -1.32. The van der Waals surface area contributed by atoms with E-state index in [0.29, 0.717) is 12.1 Å². The third-order valence-electron chi connectivity index (χ3n) is 4.83. The Morgan fingerprint density at radius 3 is 2.80 bits per heavy atom. The number of aryl methyl sites for hydroxylation is 1. The van der Waals surface area contributed by atoms with Gasteiger partial charge in [-0.05, 0) is 50.9 Å². The normalized spacial score (nSPS) is 24.4. The average Bonchev–Trinajstić information content (AvgIpc) is 2.77. The van der Waals surface area contributed by atoms with Crippen molar-refractivity contribution in [2.75, 3.05) is 13.6 Å². The molecule has 1 aliphatic heterocycles. The number of nitrogens with one attached hydrogen (secondary N) is 1. The van der Waals surface area contributed by atoms with E-state index < -0.39 is 0 Å². The molecule has 3 nitrogen and oxygen atoms in total. The number of hydrogen-bond donors (Lipinski definition) is 1. The van der Waals surface area contributed by atoms with Gasteiger partial charge < -0.3 is 14.8 Å². The minimum Gasteiger partial charge on any atom is -0.346 e. The second kappa shape index (κ2) is 5.58. The van der Waals surface area contributed by atoms with Crippen LogP contribution in [0.15, 0.2) is 30.3 Å². The highest BCUT2D eigenvalue weighted by molar-refractivity contribution is 5.81. The molecular weight excluding hydrogens is 246 g/mol. The first kappa shape index (κ1) is 13.7. The Kier molecular flexibility index (Phi) is 3.81. The standard InChI is InChI=1S/C17H25N3/c1-13-10-15(8-9-19(13)2)18-12-16-11-14-6-4-5-7-17(14)20(16)3/h4-7,11,13,15,18H,8-10,12H2,1-3H3. The minimum atomic E-state index is 0.652. The molecule has 0 saturated carbocycles. The van der Waals surface area contributed by atoms with Crippen molar-refractivity contribution in [1.82, 2.24) is 14.8 Å². The second-order valence-electron chi connectivity index (χ2n) is 6.19. The van der Waals surface area contributed by atoms with Crippen LogP contribution < -0.4 is 5.32 Å². The maximum Gasteiger partial charge on any atom is 0.0480 e. The van der Waals surface area contributed by atoms with Crippen LogP contribution in [0.25, 0.3) is 10.9 Å². The van der Waals surface area contributed by atoms with Gasteiger partial charge in [-0.25, -0.2) is 0 Å². The summed E-state index contributed by atoms with van der Waals surface area (Å²) in [7, 11) is 4.39.